The molecule has 2 aromatic rings. The molecule has 3 aliphatic rings. The normalized spacial score (nSPS) is 23.7. The van der Waals surface area contributed by atoms with Crippen LogP contribution < -0.4 is 5.32 Å². The van der Waals surface area contributed by atoms with Crippen molar-refractivity contribution < 1.29 is 14.7 Å². The van der Waals surface area contributed by atoms with E-state index in [1.807, 2.05) is 66.4 Å². The van der Waals surface area contributed by atoms with Crippen molar-refractivity contribution in [3.05, 3.63) is 54.6 Å². The molecule has 0 radical (unpaired) electrons. The molecule has 2 saturated heterocycles. The molecular weight excluding hydrogens is 452 g/mol. The zero-order valence-corrected chi connectivity index (χ0v) is 21.2. The van der Waals surface area contributed by atoms with Crippen LogP contribution in [0.5, 0.6) is 0 Å². The van der Waals surface area contributed by atoms with Gasteiger partial charge in [-0.1, -0.05) is 42.5 Å². The number of β-amino-alcohol motifs (C(OH)–C–C–N with tert-alkyl or cyclic N) is 1. The average Bonchev–Trinajstić information content (AvgIpc) is 3.68. The van der Waals surface area contributed by atoms with Crippen molar-refractivity contribution in [3.63, 3.8) is 0 Å². The van der Waals surface area contributed by atoms with Gasteiger partial charge in [-0.15, -0.1) is 0 Å². The van der Waals surface area contributed by atoms with Crippen LogP contribution in [0.4, 0.5) is 10.5 Å². The third-order valence-corrected chi connectivity index (χ3v) is 8.34. The fourth-order valence-electron chi connectivity index (χ4n) is 5.69. The van der Waals surface area contributed by atoms with Crippen LogP contribution in [0.1, 0.15) is 39.0 Å². The van der Waals surface area contributed by atoms with Crippen LogP contribution in [0.3, 0.4) is 0 Å². The predicted molar refractivity (Wildman–Crippen MR) is 142 cm³/mol. The van der Waals surface area contributed by atoms with Crippen molar-refractivity contribution in [2.45, 2.75) is 51.2 Å². The Bertz CT molecular complexity index is 1070. The third-order valence-electron chi connectivity index (χ3n) is 8.34. The van der Waals surface area contributed by atoms with E-state index in [4.69, 9.17) is 0 Å². The molecule has 3 fully saturated rings. The fourth-order valence-corrected chi connectivity index (χ4v) is 5.69. The molecule has 2 atom stereocenters. The fraction of sp³-hybridized carbons (Fsp3) is 0.517. The number of aliphatic hydroxyl groups is 1. The molecule has 36 heavy (non-hydrogen) atoms. The first-order chi connectivity index (χ1) is 17.4. The van der Waals surface area contributed by atoms with Gasteiger partial charge in [0.15, 0.2) is 0 Å². The topological polar surface area (TPSA) is 76.1 Å². The number of carbonyl (C=O) groups excluding carboxylic acids is 2. The molecule has 1 spiro atoms. The quantitative estimate of drug-likeness (QED) is 0.575. The second kappa shape index (κ2) is 10.6. The van der Waals surface area contributed by atoms with E-state index in [2.05, 4.69) is 10.2 Å². The molecule has 7 nitrogen and oxygen atoms in total. The van der Waals surface area contributed by atoms with E-state index in [1.54, 1.807) is 4.90 Å². The minimum atomic E-state index is -0.483. The van der Waals surface area contributed by atoms with Crippen molar-refractivity contribution >= 4 is 17.6 Å². The molecule has 2 N–H and O–H groups in total. The molecule has 7 heteroatoms. The van der Waals surface area contributed by atoms with Crippen LogP contribution in [0.2, 0.25) is 0 Å². The summed E-state index contributed by atoms with van der Waals surface area (Å²) in [6, 6.07) is 17.1. The number of likely N-dealkylation sites (tertiary alicyclic amines) is 1. The maximum absolute atomic E-state index is 13.0. The Balaban J connectivity index is 1.07. The van der Waals surface area contributed by atoms with Crippen LogP contribution in [-0.2, 0) is 4.79 Å². The summed E-state index contributed by atoms with van der Waals surface area (Å²) >= 11 is 0. The summed E-state index contributed by atoms with van der Waals surface area (Å²) in [5.41, 5.74) is 3.09. The number of amides is 3. The summed E-state index contributed by atoms with van der Waals surface area (Å²) in [5, 5.41) is 13.4. The number of nitrogens with zero attached hydrogens (tertiary/aromatic N) is 3. The molecule has 2 aliphatic heterocycles. The molecule has 192 valence electrons. The summed E-state index contributed by atoms with van der Waals surface area (Å²) in [6.45, 7) is 6.47. The van der Waals surface area contributed by atoms with E-state index >= 15 is 0 Å². The Morgan fingerprint density at radius 3 is 2.47 bits per heavy atom. The highest BCUT2D eigenvalue weighted by Gasteiger charge is 2.51. The predicted octanol–water partition coefficient (Wildman–Crippen LogP) is 4.05. The Morgan fingerprint density at radius 1 is 0.972 bits per heavy atom. The van der Waals surface area contributed by atoms with Gasteiger partial charge in [-0.05, 0) is 80.8 Å². The molecule has 0 aromatic heterocycles. The number of carbonyl (C=O) groups is 2. The second-order valence-electron chi connectivity index (χ2n) is 10.7. The van der Waals surface area contributed by atoms with Gasteiger partial charge >= 0.3 is 6.03 Å². The van der Waals surface area contributed by atoms with Crippen molar-refractivity contribution in [3.8, 4) is 11.1 Å². The smallest absolute Gasteiger partial charge is 0.322 e. The number of nitrogens with one attached hydrogen (secondary N) is 1. The summed E-state index contributed by atoms with van der Waals surface area (Å²) in [5.74, 6) is 0.0125. The third kappa shape index (κ3) is 5.42. The summed E-state index contributed by atoms with van der Waals surface area (Å²) in [6.07, 6.45) is 5.27. The Kier molecular flexibility index (Phi) is 7.30. The number of hydrogen-bond donors (Lipinski definition) is 2. The van der Waals surface area contributed by atoms with Gasteiger partial charge in [-0.25, -0.2) is 4.79 Å². The van der Waals surface area contributed by atoms with Gasteiger partial charge in [0.05, 0.1) is 6.10 Å². The molecule has 5 rings (SSSR count). The maximum Gasteiger partial charge on any atom is 0.322 e. The molecule has 0 bridgehead atoms. The summed E-state index contributed by atoms with van der Waals surface area (Å²) < 4.78 is 0. The minimum absolute atomic E-state index is 0.0125. The molecule has 3 amide bonds. The largest absolute Gasteiger partial charge is 0.391 e. The number of piperidine rings is 1. The lowest BCUT2D eigenvalue weighted by Gasteiger charge is -2.39. The first-order valence-corrected chi connectivity index (χ1v) is 13.4. The van der Waals surface area contributed by atoms with Gasteiger partial charge in [0.25, 0.3) is 0 Å². The van der Waals surface area contributed by atoms with Gasteiger partial charge in [-0.3, -0.25) is 4.79 Å². The van der Waals surface area contributed by atoms with Crippen molar-refractivity contribution in [1.29, 1.82) is 0 Å². The number of aliphatic hydroxyl groups excluding tert-OH is 1. The van der Waals surface area contributed by atoms with Crippen LogP contribution in [0.25, 0.3) is 11.1 Å². The molecule has 1 saturated carbocycles. The average molecular weight is 491 g/mol. The Labute approximate surface area is 214 Å². The summed E-state index contributed by atoms with van der Waals surface area (Å²) in [4.78, 5) is 31.9. The van der Waals surface area contributed by atoms with Crippen LogP contribution >= 0.6 is 0 Å². The molecule has 2 heterocycles. The number of anilines is 1. The lowest BCUT2D eigenvalue weighted by molar-refractivity contribution is -0.139. The van der Waals surface area contributed by atoms with Crippen molar-refractivity contribution in [2.24, 2.45) is 5.41 Å². The minimum Gasteiger partial charge on any atom is -0.391 e. The van der Waals surface area contributed by atoms with Gasteiger partial charge < -0.3 is 25.1 Å². The number of benzene rings is 2. The van der Waals surface area contributed by atoms with Crippen LogP contribution in [0.15, 0.2) is 54.6 Å². The first kappa shape index (κ1) is 24.8. The van der Waals surface area contributed by atoms with E-state index in [0.29, 0.717) is 13.1 Å². The zero-order chi connectivity index (χ0) is 25.1. The molecular formula is C29H38N4O3. The van der Waals surface area contributed by atoms with Crippen molar-refractivity contribution in [2.75, 3.05) is 44.6 Å². The SMILES string of the molecule is C[C@H]1C(=O)N(CCCCN2CCC3(CC3)[C@H](O)C2)CCN1C(=O)Nc1cccc(-c2ccccc2)c1. The van der Waals surface area contributed by atoms with Crippen molar-refractivity contribution in [1.82, 2.24) is 14.7 Å². The monoisotopic (exact) mass is 490 g/mol. The maximum atomic E-state index is 13.0. The van der Waals surface area contributed by atoms with E-state index in [-0.39, 0.29) is 23.5 Å². The summed E-state index contributed by atoms with van der Waals surface area (Å²) in [7, 11) is 0. The molecule has 2 aromatic carbocycles. The first-order valence-electron chi connectivity index (χ1n) is 13.4. The second-order valence-corrected chi connectivity index (χ2v) is 10.7. The number of hydrogen-bond acceptors (Lipinski definition) is 4. The van der Waals surface area contributed by atoms with E-state index in [9.17, 15) is 14.7 Å². The standard InChI is InChI=1S/C29H38N4O3/c1-22-27(35)32(16-6-5-15-31-17-14-29(12-13-29)26(34)21-31)18-19-33(22)28(36)30-25-11-7-10-24(20-25)23-8-3-2-4-9-23/h2-4,7-11,20,22,26,34H,5-6,12-19,21H2,1H3,(H,30,36)/t22-,26+/m0/s1. The number of unbranched alkanes of at least 4 members (excludes halogenated alkanes) is 1. The highest BCUT2D eigenvalue weighted by atomic mass is 16.3. The number of urea groups is 1. The lowest BCUT2D eigenvalue weighted by atomic mass is 9.90. The van der Waals surface area contributed by atoms with Gasteiger partial charge in [0, 0.05) is 31.9 Å². The Morgan fingerprint density at radius 2 is 1.72 bits per heavy atom. The van der Waals surface area contributed by atoms with Crippen LogP contribution in [0, 0.1) is 5.41 Å². The highest BCUT2D eigenvalue weighted by Crippen LogP contribution is 2.53. The number of piperazine rings is 1. The highest BCUT2D eigenvalue weighted by molar-refractivity contribution is 5.94. The molecule has 0 unspecified atom stereocenters. The zero-order valence-electron chi connectivity index (χ0n) is 21.2. The van der Waals surface area contributed by atoms with E-state index in [0.717, 1.165) is 62.3 Å². The molecule has 1 aliphatic carbocycles. The lowest BCUT2D eigenvalue weighted by Crippen LogP contribution is -2.58. The van der Waals surface area contributed by atoms with Gasteiger partial charge in [0.2, 0.25) is 5.91 Å². The van der Waals surface area contributed by atoms with E-state index < -0.39 is 6.04 Å². The Hall–Kier alpha value is -2.90. The van der Waals surface area contributed by atoms with Gasteiger partial charge in [-0.2, -0.15) is 0 Å². The number of rotatable bonds is 7. The van der Waals surface area contributed by atoms with Crippen LogP contribution in [-0.4, -0.2) is 83.2 Å². The van der Waals surface area contributed by atoms with E-state index in [1.165, 1.54) is 12.8 Å². The van der Waals surface area contributed by atoms with Gasteiger partial charge in [0.1, 0.15) is 6.04 Å².